The van der Waals surface area contributed by atoms with Crippen LogP contribution in [-0.2, 0) is 7.05 Å². The molecule has 0 saturated heterocycles. The summed E-state index contributed by atoms with van der Waals surface area (Å²) in [6.45, 7) is 3.59. The third kappa shape index (κ3) is 1.76. The van der Waals surface area contributed by atoms with Gasteiger partial charge < -0.3 is 5.11 Å². The van der Waals surface area contributed by atoms with Crippen LogP contribution < -0.4 is 5.56 Å². The molecule has 1 aromatic rings. The summed E-state index contributed by atoms with van der Waals surface area (Å²) < 4.78 is 1.34. The van der Waals surface area contributed by atoms with Gasteiger partial charge >= 0.3 is 5.56 Å². The van der Waals surface area contributed by atoms with Crippen LogP contribution in [0.25, 0.3) is 0 Å². The number of nitrogens with zero attached hydrogens (tertiary/aromatic N) is 3. The highest BCUT2D eigenvalue weighted by Gasteiger charge is 2.05. The van der Waals surface area contributed by atoms with Crippen molar-refractivity contribution in [3.05, 3.63) is 17.3 Å². The second-order valence-corrected chi connectivity index (χ2v) is 3.06. The zero-order valence-electron chi connectivity index (χ0n) is 6.52. The van der Waals surface area contributed by atoms with Gasteiger partial charge in [-0.15, -0.1) is 5.10 Å². The Kier molecular flexibility index (Phi) is 2.69. The molecule has 0 saturated carbocycles. The molecule has 0 fully saturated rings. The molecule has 0 unspecified atom stereocenters. The van der Waals surface area contributed by atoms with Gasteiger partial charge in [0.15, 0.2) is 5.16 Å². The molecule has 0 bridgehead atoms. The number of hydrogen-bond donors (Lipinski definition) is 1. The fourth-order valence-corrected chi connectivity index (χ4v) is 1.21. The highest BCUT2D eigenvalue weighted by atomic mass is 32.2. The van der Waals surface area contributed by atoms with Gasteiger partial charge in [-0.05, 0) is 6.92 Å². The van der Waals surface area contributed by atoms with E-state index in [0.29, 0.717) is 10.9 Å². The Morgan fingerprint density at radius 2 is 2.42 bits per heavy atom. The van der Waals surface area contributed by atoms with Gasteiger partial charge in [0.25, 0.3) is 5.88 Å². The van der Waals surface area contributed by atoms with Crippen molar-refractivity contribution < 1.29 is 5.11 Å². The van der Waals surface area contributed by atoms with Gasteiger partial charge in [0.05, 0.1) is 0 Å². The standard InChI is InChI=1S/C6H8N3O2S/c1-3-12-6-7-4(10)5(11)8-9(6)2/h1,3H2,2H3,(H,8,11). The van der Waals surface area contributed by atoms with Crippen LogP contribution in [0.3, 0.4) is 0 Å². The number of aromatic hydroxyl groups is 1. The Labute approximate surface area is 73.4 Å². The van der Waals surface area contributed by atoms with E-state index in [1.165, 1.54) is 16.4 Å². The lowest BCUT2D eigenvalue weighted by atomic mass is 10.8. The maximum atomic E-state index is 10.8. The minimum atomic E-state index is -0.705. The molecule has 65 valence electrons. The smallest absolute Gasteiger partial charge is 0.336 e. The first kappa shape index (κ1) is 9.05. The average molecular weight is 186 g/mol. The van der Waals surface area contributed by atoms with Crippen LogP contribution in [-0.4, -0.2) is 25.6 Å². The van der Waals surface area contributed by atoms with Crippen molar-refractivity contribution in [2.75, 3.05) is 5.75 Å². The lowest BCUT2D eigenvalue weighted by Gasteiger charge is -2.02. The molecule has 1 N–H and O–H groups in total. The highest BCUT2D eigenvalue weighted by molar-refractivity contribution is 7.99. The lowest BCUT2D eigenvalue weighted by molar-refractivity contribution is 0.407. The second-order valence-electron chi connectivity index (χ2n) is 2.00. The first-order valence-electron chi connectivity index (χ1n) is 3.21. The van der Waals surface area contributed by atoms with Crippen molar-refractivity contribution in [1.82, 2.24) is 14.8 Å². The fraction of sp³-hybridized carbons (Fsp3) is 0.333. The van der Waals surface area contributed by atoms with Gasteiger partial charge in [-0.25, -0.2) is 4.68 Å². The van der Waals surface area contributed by atoms with E-state index in [0.717, 1.165) is 0 Å². The maximum absolute atomic E-state index is 10.8. The SMILES string of the molecule is [CH2]CSc1nc(=O)c(O)nn1C. The predicted molar refractivity (Wildman–Crippen MR) is 45.0 cm³/mol. The molecule has 0 aliphatic carbocycles. The summed E-state index contributed by atoms with van der Waals surface area (Å²) in [5.74, 6) is -0.0156. The van der Waals surface area contributed by atoms with E-state index in [9.17, 15) is 4.79 Å². The largest absolute Gasteiger partial charge is 0.488 e. The molecule has 0 amide bonds. The maximum Gasteiger partial charge on any atom is 0.336 e. The molecule has 6 heteroatoms. The Hall–Kier alpha value is -1.04. The van der Waals surface area contributed by atoms with Crippen LogP contribution in [0, 0.1) is 6.92 Å². The summed E-state index contributed by atoms with van der Waals surface area (Å²) >= 11 is 1.29. The average Bonchev–Trinajstić information content (AvgIpc) is 2.01. The zero-order chi connectivity index (χ0) is 9.14. The molecule has 0 aliphatic rings. The quantitative estimate of drug-likeness (QED) is 0.648. The fourth-order valence-electron chi connectivity index (χ4n) is 0.654. The minimum absolute atomic E-state index is 0.452. The summed E-state index contributed by atoms with van der Waals surface area (Å²) in [5.41, 5.74) is -0.705. The number of hydrogen-bond acceptors (Lipinski definition) is 5. The summed E-state index contributed by atoms with van der Waals surface area (Å²) in [7, 11) is 1.60. The van der Waals surface area contributed by atoms with Crippen molar-refractivity contribution in [2.24, 2.45) is 7.05 Å². The van der Waals surface area contributed by atoms with Gasteiger partial charge in [-0.2, -0.15) is 4.98 Å². The molecule has 5 nitrogen and oxygen atoms in total. The Balaban J connectivity index is 3.14. The Bertz CT molecular complexity index is 336. The van der Waals surface area contributed by atoms with Crippen molar-refractivity contribution >= 4 is 11.8 Å². The number of aromatic nitrogens is 3. The van der Waals surface area contributed by atoms with Crippen LogP contribution >= 0.6 is 11.8 Å². The van der Waals surface area contributed by atoms with Gasteiger partial charge in [0.1, 0.15) is 0 Å². The van der Waals surface area contributed by atoms with E-state index < -0.39 is 11.4 Å². The summed E-state index contributed by atoms with van der Waals surface area (Å²) in [5, 5.41) is 12.9. The van der Waals surface area contributed by atoms with Gasteiger partial charge in [-0.3, -0.25) is 4.79 Å². The number of aryl methyl sites for hydroxylation is 1. The summed E-state index contributed by atoms with van der Waals surface area (Å²) in [6, 6.07) is 0. The zero-order valence-corrected chi connectivity index (χ0v) is 7.34. The monoisotopic (exact) mass is 186 g/mol. The van der Waals surface area contributed by atoms with Crippen molar-refractivity contribution in [2.45, 2.75) is 5.16 Å². The molecule has 0 atom stereocenters. The van der Waals surface area contributed by atoms with Crippen LogP contribution in [0.5, 0.6) is 5.88 Å². The number of thioether (sulfide) groups is 1. The molecule has 1 aromatic heterocycles. The molecule has 0 aromatic carbocycles. The first-order chi connectivity index (χ1) is 5.65. The Morgan fingerprint density at radius 1 is 1.75 bits per heavy atom. The predicted octanol–water partition coefficient (Wildman–Crippen LogP) is -0.193. The van der Waals surface area contributed by atoms with E-state index in [4.69, 9.17) is 5.11 Å². The minimum Gasteiger partial charge on any atom is -0.488 e. The molecule has 1 rings (SSSR count). The topological polar surface area (TPSA) is 68.0 Å². The van der Waals surface area contributed by atoms with Gasteiger partial charge in [0.2, 0.25) is 0 Å². The number of rotatable bonds is 2. The normalized spacial score (nSPS) is 10.2. The van der Waals surface area contributed by atoms with E-state index in [1.54, 1.807) is 7.05 Å². The first-order valence-corrected chi connectivity index (χ1v) is 4.20. The van der Waals surface area contributed by atoms with Crippen LogP contribution in [0.15, 0.2) is 9.95 Å². The van der Waals surface area contributed by atoms with Crippen LogP contribution in [0.1, 0.15) is 0 Å². The summed E-state index contributed by atoms with van der Waals surface area (Å²) in [4.78, 5) is 14.4. The van der Waals surface area contributed by atoms with E-state index in [2.05, 4.69) is 17.0 Å². The molecule has 0 aliphatic heterocycles. The third-order valence-corrected chi connectivity index (χ3v) is 1.96. The highest BCUT2D eigenvalue weighted by Crippen LogP contribution is 2.10. The van der Waals surface area contributed by atoms with E-state index in [-0.39, 0.29) is 0 Å². The van der Waals surface area contributed by atoms with Crippen molar-refractivity contribution in [1.29, 1.82) is 0 Å². The van der Waals surface area contributed by atoms with Crippen LogP contribution in [0.4, 0.5) is 0 Å². The molecular formula is C6H8N3O2S. The third-order valence-electron chi connectivity index (χ3n) is 1.14. The van der Waals surface area contributed by atoms with E-state index >= 15 is 0 Å². The lowest BCUT2D eigenvalue weighted by Crippen LogP contribution is -2.15. The van der Waals surface area contributed by atoms with Gasteiger partial charge in [-0.1, -0.05) is 11.8 Å². The molecule has 1 heterocycles. The summed E-state index contributed by atoms with van der Waals surface area (Å²) in [6.07, 6.45) is 0. The molecule has 12 heavy (non-hydrogen) atoms. The molecular weight excluding hydrogens is 178 g/mol. The molecule has 0 spiro atoms. The van der Waals surface area contributed by atoms with Crippen LogP contribution in [0.2, 0.25) is 0 Å². The molecule has 1 radical (unpaired) electrons. The second kappa shape index (κ2) is 3.57. The van der Waals surface area contributed by atoms with E-state index in [1.807, 2.05) is 0 Å². The Morgan fingerprint density at radius 3 is 3.00 bits per heavy atom. The van der Waals surface area contributed by atoms with Crippen molar-refractivity contribution in [3.63, 3.8) is 0 Å². The van der Waals surface area contributed by atoms with Gasteiger partial charge in [0, 0.05) is 12.8 Å². The van der Waals surface area contributed by atoms with Crippen molar-refractivity contribution in [3.8, 4) is 5.88 Å².